The van der Waals surface area contributed by atoms with Crippen LogP contribution in [0.5, 0.6) is 0 Å². The molecule has 0 radical (unpaired) electrons. The summed E-state index contributed by atoms with van der Waals surface area (Å²) in [5.74, 6) is -1.03. The summed E-state index contributed by atoms with van der Waals surface area (Å²) in [6, 6.07) is 6.64. The zero-order valence-electron chi connectivity index (χ0n) is 23.5. The van der Waals surface area contributed by atoms with E-state index < -0.39 is 59.1 Å². The molecule has 0 aliphatic rings. The lowest BCUT2D eigenvalue weighted by Crippen LogP contribution is -2.60. The van der Waals surface area contributed by atoms with Gasteiger partial charge in [-0.05, 0) is 22.8 Å². The Morgan fingerprint density at radius 1 is 0.789 bits per heavy atom. The molecular weight excluding hydrogens is 494 g/mol. The van der Waals surface area contributed by atoms with Crippen molar-refractivity contribution < 1.29 is 33.8 Å². The van der Waals surface area contributed by atoms with Crippen LogP contribution in [-0.4, -0.2) is 74.1 Å². The summed E-state index contributed by atoms with van der Waals surface area (Å²) in [4.78, 5) is 49.5. The molecule has 1 aromatic carbocycles. The largest absolute Gasteiger partial charge is 0.453 e. The number of hydrogen-bond donors (Lipinski definition) is 6. The van der Waals surface area contributed by atoms with Gasteiger partial charge in [0.15, 0.2) is 0 Å². The number of aliphatic hydroxyl groups excluding tert-OH is 1. The van der Waals surface area contributed by atoms with E-state index in [2.05, 4.69) is 36.3 Å². The van der Waals surface area contributed by atoms with Crippen LogP contribution in [0.2, 0.25) is 0 Å². The van der Waals surface area contributed by atoms with Crippen LogP contribution in [-0.2, 0) is 25.5 Å². The number of carbonyl (C=O) groups is 4. The van der Waals surface area contributed by atoms with E-state index in [4.69, 9.17) is 0 Å². The Labute approximate surface area is 224 Å². The van der Waals surface area contributed by atoms with Gasteiger partial charge < -0.3 is 30.5 Å². The summed E-state index contributed by atoms with van der Waals surface area (Å²) in [7, 11) is 2.41. The van der Waals surface area contributed by atoms with Gasteiger partial charge in [0.2, 0.25) is 5.91 Å². The summed E-state index contributed by atoms with van der Waals surface area (Å²) in [5.41, 5.74) is 4.77. The first kappa shape index (κ1) is 32.6. The second-order valence-corrected chi connectivity index (χ2v) is 11.1. The van der Waals surface area contributed by atoms with Crippen molar-refractivity contribution in [3.63, 3.8) is 0 Å². The van der Waals surface area contributed by atoms with Crippen LogP contribution in [0.4, 0.5) is 9.59 Å². The molecule has 6 N–H and O–H groups in total. The van der Waals surface area contributed by atoms with Crippen LogP contribution in [0, 0.1) is 10.8 Å². The molecule has 4 amide bonds. The standard InChI is InChI=1S/C26H43N5O7/c1-25(2,3)19(29-23(35)37-7)21(33)28-17(14-16-12-10-9-11-13-16)18(32)15-27-31-22(34)20(26(4,5)6)30-24(36)38-8/h9-13,17-20,27,32H,14-15H2,1-8H3,(H,28,33)(H,29,35)(H,30,36)(H,31,34)/t17-,18-,19-,20+/m0/s1. The number of ether oxygens (including phenoxy) is 2. The number of hydrazine groups is 1. The van der Waals surface area contributed by atoms with Gasteiger partial charge in [0.05, 0.1) is 26.4 Å². The number of alkyl carbamates (subject to hydrolysis) is 2. The average Bonchev–Trinajstić information content (AvgIpc) is 2.83. The summed E-state index contributed by atoms with van der Waals surface area (Å²) in [6.07, 6.45) is -2.36. The SMILES string of the molecule is COC(=O)N[C@H](C(=O)NNC[C@H](O)[C@H](Cc1ccccc1)NC(=O)[C@H](NC(=O)OC)C(C)(C)C)C(C)(C)C. The normalized spacial score (nSPS) is 14.8. The lowest BCUT2D eigenvalue weighted by Gasteiger charge is -2.33. The monoisotopic (exact) mass is 537 g/mol. The molecule has 12 nitrogen and oxygen atoms in total. The molecule has 1 rings (SSSR count). The highest BCUT2D eigenvalue weighted by Crippen LogP contribution is 2.21. The summed E-state index contributed by atoms with van der Waals surface area (Å²) in [6.45, 7) is 10.6. The van der Waals surface area contributed by atoms with Crippen LogP contribution in [0.25, 0.3) is 0 Å². The maximum atomic E-state index is 13.2. The van der Waals surface area contributed by atoms with Gasteiger partial charge in [0.25, 0.3) is 5.91 Å². The van der Waals surface area contributed by atoms with Gasteiger partial charge in [-0.1, -0.05) is 71.9 Å². The molecule has 0 heterocycles. The van der Waals surface area contributed by atoms with E-state index in [9.17, 15) is 24.3 Å². The number of methoxy groups -OCH3 is 2. The second kappa shape index (κ2) is 14.5. The van der Waals surface area contributed by atoms with Gasteiger partial charge in [-0.15, -0.1) is 0 Å². The van der Waals surface area contributed by atoms with Gasteiger partial charge in [0.1, 0.15) is 12.1 Å². The predicted octanol–water partition coefficient (Wildman–Crippen LogP) is 1.24. The number of benzene rings is 1. The van der Waals surface area contributed by atoms with E-state index in [1.807, 2.05) is 30.3 Å². The Morgan fingerprint density at radius 2 is 1.26 bits per heavy atom. The van der Waals surface area contributed by atoms with E-state index in [0.717, 1.165) is 5.56 Å². The fourth-order valence-electron chi connectivity index (χ4n) is 3.58. The minimum Gasteiger partial charge on any atom is -0.453 e. The molecule has 0 unspecified atom stereocenters. The Kier molecular flexibility index (Phi) is 12.5. The first-order chi connectivity index (χ1) is 17.6. The molecule has 38 heavy (non-hydrogen) atoms. The number of carbonyl (C=O) groups excluding carboxylic acids is 4. The molecule has 214 valence electrons. The quantitative estimate of drug-likeness (QED) is 0.229. The molecule has 0 fully saturated rings. The van der Waals surface area contributed by atoms with E-state index in [1.54, 1.807) is 41.5 Å². The first-order valence-electron chi connectivity index (χ1n) is 12.3. The van der Waals surface area contributed by atoms with Crippen LogP contribution < -0.4 is 26.8 Å². The van der Waals surface area contributed by atoms with Crippen LogP contribution in [0.3, 0.4) is 0 Å². The van der Waals surface area contributed by atoms with Crippen molar-refractivity contribution in [3.8, 4) is 0 Å². The van der Waals surface area contributed by atoms with E-state index >= 15 is 0 Å². The number of nitrogens with one attached hydrogen (secondary N) is 5. The highest BCUT2D eigenvalue weighted by Gasteiger charge is 2.36. The maximum Gasteiger partial charge on any atom is 0.407 e. The number of rotatable bonds is 11. The molecule has 0 bridgehead atoms. The molecular formula is C26H43N5O7. The molecule has 0 saturated heterocycles. The number of hydrogen-bond acceptors (Lipinski definition) is 8. The minimum absolute atomic E-state index is 0.122. The zero-order chi connectivity index (χ0) is 29.1. The lowest BCUT2D eigenvalue weighted by atomic mass is 9.85. The molecule has 0 aliphatic carbocycles. The Hall–Kier alpha value is -3.38. The van der Waals surface area contributed by atoms with Crippen LogP contribution >= 0.6 is 0 Å². The third-order valence-corrected chi connectivity index (χ3v) is 5.76. The Bertz CT molecular complexity index is 928. The van der Waals surface area contributed by atoms with Gasteiger partial charge in [-0.3, -0.25) is 15.0 Å². The highest BCUT2D eigenvalue weighted by atomic mass is 16.5. The number of amides is 4. The predicted molar refractivity (Wildman–Crippen MR) is 142 cm³/mol. The van der Waals surface area contributed by atoms with Gasteiger partial charge in [-0.2, -0.15) is 0 Å². The van der Waals surface area contributed by atoms with E-state index in [1.165, 1.54) is 14.2 Å². The molecule has 0 spiro atoms. The van der Waals surface area contributed by atoms with E-state index in [0.29, 0.717) is 0 Å². The van der Waals surface area contributed by atoms with Gasteiger partial charge in [-0.25, -0.2) is 15.0 Å². The fourth-order valence-corrected chi connectivity index (χ4v) is 3.58. The molecule has 1 aromatic rings. The lowest BCUT2D eigenvalue weighted by molar-refractivity contribution is -0.128. The molecule has 0 aliphatic heterocycles. The van der Waals surface area contributed by atoms with Gasteiger partial charge in [0, 0.05) is 6.54 Å². The summed E-state index contributed by atoms with van der Waals surface area (Å²) >= 11 is 0. The van der Waals surface area contributed by atoms with E-state index in [-0.39, 0.29) is 13.0 Å². The molecule has 0 aromatic heterocycles. The van der Waals surface area contributed by atoms with Crippen molar-refractivity contribution in [2.75, 3.05) is 20.8 Å². The third-order valence-electron chi connectivity index (χ3n) is 5.76. The van der Waals surface area contributed by atoms with Crippen molar-refractivity contribution >= 4 is 24.0 Å². The van der Waals surface area contributed by atoms with Crippen molar-refractivity contribution in [1.29, 1.82) is 0 Å². The van der Waals surface area contributed by atoms with Crippen molar-refractivity contribution in [1.82, 2.24) is 26.8 Å². The Balaban J connectivity index is 2.99. The topological polar surface area (TPSA) is 167 Å². The van der Waals surface area contributed by atoms with Gasteiger partial charge >= 0.3 is 12.2 Å². The molecule has 4 atom stereocenters. The smallest absolute Gasteiger partial charge is 0.407 e. The second-order valence-electron chi connectivity index (χ2n) is 11.1. The maximum absolute atomic E-state index is 13.2. The first-order valence-corrected chi connectivity index (χ1v) is 12.3. The fraction of sp³-hybridized carbons (Fsp3) is 0.615. The minimum atomic E-state index is -1.14. The molecule has 0 saturated carbocycles. The van der Waals surface area contributed by atoms with Crippen molar-refractivity contribution in [3.05, 3.63) is 35.9 Å². The highest BCUT2D eigenvalue weighted by molar-refractivity contribution is 5.87. The van der Waals surface area contributed by atoms with Crippen molar-refractivity contribution in [2.24, 2.45) is 10.8 Å². The average molecular weight is 538 g/mol. The summed E-state index contributed by atoms with van der Waals surface area (Å²) < 4.78 is 9.26. The van der Waals surface area contributed by atoms with Crippen molar-refractivity contribution in [2.45, 2.75) is 72.2 Å². The zero-order valence-corrected chi connectivity index (χ0v) is 23.5. The third kappa shape index (κ3) is 10.9. The van der Waals surface area contributed by atoms with Crippen LogP contribution in [0.15, 0.2) is 30.3 Å². The molecule has 12 heteroatoms. The Morgan fingerprint density at radius 3 is 1.71 bits per heavy atom. The van der Waals surface area contributed by atoms with Crippen LogP contribution in [0.1, 0.15) is 47.1 Å². The summed E-state index contributed by atoms with van der Waals surface area (Å²) in [5, 5.41) is 18.9. The number of aliphatic hydroxyl groups is 1.